The van der Waals surface area contributed by atoms with Crippen molar-refractivity contribution >= 4 is 5.78 Å². The van der Waals surface area contributed by atoms with Crippen molar-refractivity contribution in [3.63, 3.8) is 0 Å². The van der Waals surface area contributed by atoms with Crippen LogP contribution < -0.4 is 0 Å². The summed E-state index contributed by atoms with van der Waals surface area (Å²) in [5.74, 6) is -2.78. The zero-order valence-electron chi connectivity index (χ0n) is 7.81. The number of carbonyl (C=O) groups excluding carboxylic acids is 1. The van der Waals surface area contributed by atoms with E-state index in [-0.39, 0.29) is 17.8 Å². The second kappa shape index (κ2) is 2.87. The van der Waals surface area contributed by atoms with Gasteiger partial charge in [0.1, 0.15) is 0 Å². The largest absolute Gasteiger partial charge is 0.295 e. The molecule has 0 unspecified atom stereocenters. The molecule has 0 fully saturated rings. The Labute approximate surface area is 80.7 Å². The van der Waals surface area contributed by atoms with Gasteiger partial charge < -0.3 is 0 Å². The summed E-state index contributed by atoms with van der Waals surface area (Å²) >= 11 is 0. The average Bonchev–Trinajstić information content (AvgIpc) is 2.42. The van der Waals surface area contributed by atoms with E-state index in [0.29, 0.717) is 17.5 Å². The summed E-state index contributed by atoms with van der Waals surface area (Å²) in [5.41, 5.74) is 1.21. The van der Waals surface area contributed by atoms with Gasteiger partial charge in [0.15, 0.2) is 5.78 Å². The van der Waals surface area contributed by atoms with Gasteiger partial charge in [0.2, 0.25) is 0 Å². The highest BCUT2D eigenvalue weighted by Crippen LogP contribution is 2.41. The minimum Gasteiger partial charge on any atom is -0.295 e. The van der Waals surface area contributed by atoms with Crippen LogP contribution in [0.15, 0.2) is 18.2 Å². The number of hydrogen-bond acceptors (Lipinski definition) is 1. The molecule has 0 radical (unpaired) electrons. The Balaban J connectivity index is 2.49. The first-order chi connectivity index (χ1) is 6.50. The molecule has 1 aromatic rings. The summed E-state index contributed by atoms with van der Waals surface area (Å²) in [4.78, 5) is 11.0. The van der Waals surface area contributed by atoms with Crippen LogP contribution in [0.4, 0.5) is 8.78 Å². The lowest BCUT2D eigenvalue weighted by Gasteiger charge is -2.09. The van der Waals surface area contributed by atoms with E-state index < -0.39 is 5.92 Å². The molecule has 0 saturated heterocycles. The van der Waals surface area contributed by atoms with Gasteiger partial charge in [-0.15, -0.1) is 0 Å². The summed E-state index contributed by atoms with van der Waals surface area (Å²) in [7, 11) is 0. The third kappa shape index (κ3) is 1.33. The molecular weight excluding hydrogens is 186 g/mol. The molecular formula is C11H10F2O. The van der Waals surface area contributed by atoms with E-state index in [2.05, 4.69) is 0 Å². The molecule has 1 nitrogen and oxygen atoms in total. The third-order valence-corrected chi connectivity index (χ3v) is 2.61. The monoisotopic (exact) mass is 196 g/mol. The molecule has 0 aliphatic heterocycles. The van der Waals surface area contributed by atoms with Crippen molar-refractivity contribution in [2.24, 2.45) is 0 Å². The zero-order valence-corrected chi connectivity index (χ0v) is 7.81. The quantitative estimate of drug-likeness (QED) is 0.631. The van der Waals surface area contributed by atoms with Crippen molar-refractivity contribution in [2.45, 2.75) is 25.7 Å². The van der Waals surface area contributed by atoms with Crippen molar-refractivity contribution in [1.29, 1.82) is 0 Å². The lowest BCUT2D eigenvalue weighted by Crippen LogP contribution is -2.07. The number of rotatable bonds is 1. The predicted molar refractivity (Wildman–Crippen MR) is 48.7 cm³/mol. The number of carbonyl (C=O) groups is 1. The van der Waals surface area contributed by atoms with Crippen LogP contribution in [0.2, 0.25) is 0 Å². The van der Waals surface area contributed by atoms with Crippen LogP contribution >= 0.6 is 0 Å². The molecule has 0 atom stereocenters. The Bertz CT molecular complexity index is 396. The van der Waals surface area contributed by atoms with E-state index in [0.717, 1.165) is 0 Å². The Kier molecular flexibility index (Phi) is 1.91. The Hall–Kier alpha value is -1.25. The smallest absolute Gasteiger partial charge is 0.273 e. The number of alkyl halides is 2. The van der Waals surface area contributed by atoms with Gasteiger partial charge >= 0.3 is 0 Å². The molecule has 0 N–H and O–H groups in total. The second-order valence-corrected chi connectivity index (χ2v) is 3.63. The normalized spacial score (nSPS) is 17.9. The van der Waals surface area contributed by atoms with Crippen LogP contribution in [0.1, 0.15) is 34.8 Å². The lowest BCUT2D eigenvalue weighted by molar-refractivity contribution is -0.00185. The summed E-state index contributed by atoms with van der Waals surface area (Å²) < 4.78 is 26.4. The molecule has 0 amide bonds. The van der Waals surface area contributed by atoms with Crippen molar-refractivity contribution in [3.8, 4) is 0 Å². The highest BCUT2D eigenvalue weighted by atomic mass is 19.3. The molecule has 0 saturated carbocycles. The second-order valence-electron chi connectivity index (χ2n) is 3.63. The number of ketones is 1. The van der Waals surface area contributed by atoms with Crippen molar-refractivity contribution < 1.29 is 13.6 Å². The molecule has 1 aromatic carbocycles. The molecule has 3 heteroatoms. The number of fused-ring (bicyclic) bond motifs is 1. The molecule has 0 heterocycles. The van der Waals surface area contributed by atoms with Crippen LogP contribution in [0, 0.1) is 0 Å². The average molecular weight is 196 g/mol. The summed E-state index contributed by atoms with van der Waals surface area (Å²) in [6, 6.07) is 4.43. The topological polar surface area (TPSA) is 17.1 Å². The Morgan fingerprint density at radius 2 is 2.14 bits per heavy atom. The molecule has 0 bridgehead atoms. The van der Waals surface area contributed by atoms with Crippen LogP contribution in [-0.2, 0) is 12.3 Å². The maximum Gasteiger partial charge on any atom is 0.273 e. The number of aryl methyl sites for hydroxylation is 1. The number of halogens is 2. The van der Waals surface area contributed by atoms with E-state index in [9.17, 15) is 13.6 Å². The van der Waals surface area contributed by atoms with Crippen molar-refractivity contribution in [3.05, 3.63) is 34.9 Å². The first kappa shape index (κ1) is 9.31. The van der Waals surface area contributed by atoms with Gasteiger partial charge in [-0.3, -0.25) is 4.79 Å². The van der Waals surface area contributed by atoms with Crippen LogP contribution in [0.3, 0.4) is 0 Å². The maximum absolute atomic E-state index is 13.2. The van der Waals surface area contributed by atoms with Crippen molar-refractivity contribution in [2.75, 3.05) is 0 Å². The fraction of sp³-hybridized carbons (Fsp3) is 0.364. The summed E-state index contributed by atoms with van der Waals surface area (Å²) in [6.45, 7) is 1.44. The van der Waals surface area contributed by atoms with Gasteiger partial charge in [0, 0.05) is 17.5 Å². The van der Waals surface area contributed by atoms with E-state index in [1.807, 2.05) is 0 Å². The minimum absolute atomic E-state index is 0.0805. The fourth-order valence-corrected chi connectivity index (χ4v) is 1.80. The van der Waals surface area contributed by atoms with E-state index in [1.54, 1.807) is 6.07 Å². The van der Waals surface area contributed by atoms with Crippen LogP contribution in [0.25, 0.3) is 0 Å². The van der Waals surface area contributed by atoms with Crippen LogP contribution in [0.5, 0.6) is 0 Å². The number of Topliss-reactive ketones (excluding diaryl/α,β-unsaturated/α-hetero) is 1. The molecule has 1 aliphatic rings. The van der Waals surface area contributed by atoms with Gasteiger partial charge in [0.05, 0.1) is 0 Å². The Morgan fingerprint density at radius 1 is 1.43 bits per heavy atom. The van der Waals surface area contributed by atoms with Gasteiger partial charge in [-0.05, 0) is 25.0 Å². The highest BCUT2D eigenvalue weighted by molar-refractivity contribution is 5.94. The standard InChI is InChI=1S/C11H10F2O/c1-7(14)8-2-3-10-9(6-8)4-5-11(10,12)13/h2-3,6H,4-5H2,1H3. The van der Waals surface area contributed by atoms with E-state index in [1.165, 1.54) is 19.1 Å². The lowest BCUT2D eigenvalue weighted by atomic mass is 10.0. The molecule has 2 rings (SSSR count). The van der Waals surface area contributed by atoms with E-state index >= 15 is 0 Å². The van der Waals surface area contributed by atoms with Gasteiger partial charge in [0.25, 0.3) is 5.92 Å². The molecule has 14 heavy (non-hydrogen) atoms. The third-order valence-electron chi connectivity index (χ3n) is 2.61. The SMILES string of the molecule is CC(=O)c1ccc2c(c1)CCC2(F)F. The first-order valence-corrected chi connectivity index (χ1v) is 4.53. The van der Waals surface area contributed by atoms with E-state index in [4.69, 9.17) is 0 Å². The van der Waals surface area contributed by atoms with Gasteiger partial charge in [-0.25, -0.2) is 8.78 Å². The minimum atomic E-state index is -2.70. The summed E-state index contributed by atoms with van der Waals surface area (Å²) in [6.07, 6.45) is 0.229. The first-order valence-electron chi connectivity index (χ1n) is 4.53. The molecule has 1 aliphatic carbocycles. The fourth-order valence-electron chi connectivity index (χ4n) is 1.80. The van der Waals surface area contributed by atoms with Crippen molar-refractivity contribution in [1.82, 2.24) is 0 Å². The van der Waals surface area contributed by atoms with Crippen LogP contribution in [-0.4, -0.2) is 5.78 Å². The molecule has 74 valence electrons. The highest BCUT2D eigenvalue weighted by Gasteiger charge is 2.38. The predicted octanol–water partition coefficient (Wildman–Crippen LogP) is 2.93. The molecule has 0 aromatic heterocycles. The Morgan fingerprint density at radius 3 is 2.79 bits per heavy atom. The number of benzene rings is 1. The maximum atomic E-state index is 13.2. The summed E-state index contributed by atoms with van der Waals surface area (Å²) in [5, 5.41) is 0. The zero-order chi connectivity index (χ0) is 10.3. The van der Waals surface area contributed by atoms with Gasteiger partial charge in [-0.2, -0.15) is 0 Å². The molecule has 0 spiro atoms. The van der Waals surface area contributed by atoms with Gasteiger partial charge in [-0.1, -0.05) is 12.1 Å². The number of hydrogen-bond donors (Lipinski definition) is 0.